The quantitative estimate of drug-likeness (QED) is 0.0513. The Morgan fingerprint density at radius 1 is 0.884 bits per heavy atom. The van der Waals surface area contributed by atoms with E-state index in [0.29, 0.717) is 24.6 Å². The molecule has 1 unspecified atom stereocenters. The van der Waals surface area contributed by atoms with E-state index in [2.05, 4.69) is 10.6 Å². The van der Waals surface area contributed by atoms with Crippen LogP contribution in [0.4, 0.5) is 4.79 Å². The van der Waals surface area contributed by atoms with E-state index in [0.717, 1.165) is 0 Å². The van der Waals surface area contributed by atoms with Crippen LogP contribution in [0, 0.1) is 0 Å². The second-order valence-electron chi connectivity index (χ2n) is 11.1. The number of rotatable bonds is 13. The number of amides is 2. The Kier molecular flexibility index (Phi) is 14.1. The lowest BCUT2D eigenvalue weighted by atomic mass is 9.83. The number of aliphatic hydroxyl groups excluding tert-OH is 5. The molecule has 252 valence electrons. The molecule has 19 heteroatoms. The van der Waals surface area contributed by atoms with Crippen LogP contribution in [0.3, 0.4) is 0 Å². The van der Waals surface area contributed by atoms with E-state index in [4.69, 9.17) is 47.6 Å². The average Bonchev–Trinajstić information content (AvgIpc) is 2.98. The van der Waals surface area contributed by atoms with E-state index < -0.39 is 98.2 Å². The molecule has 3 fully saturated rings. The number of urea groups is 1. The lowest BCUT2D eigenvalue weighted by molar-refractivity contribution is -0.316. The van der Waals surface area contributed by atoms with Crippen LogP contribution in [0.25, 0.3) is 0 Å². The number of carbonyl (C=O) groups is 1. The minimum Gasteiger partial charge on any atom is -0.394 e. The number of nitrogens with zero attached hydrogens (tertiary/aromatic N) is 1. The number of hydrogen-bond acceptors (Lipinski definition) is 17. The molecule has 2 heterocycles. The maximum atomic E-state index is 12.6. The minimum absolute atomic E-state index is 0.00512. The van der Waals surface area contributed by atoms with Gasteiger partial charge >= 0.3 is 6.03 Å². The first-order valence-corrected chi connectivity index (χ1v) is 14.5. The first-order chi connectivity index (χ1) is 20.5. The Morgan fingerprint density at radius 2 is 1.56 bits per heavy atom. The van der Waals surface area contributed by atoms with Crippen molar-refractivity contribution in [2.45, 2.75) is 105 Å². The second kappa shape index (κ2) is 16.8. The standard InChI is InChI=1S/C24H50N8O11/c25-2-1-4-30-12-7-13(34)14(8-27)40-22(12)42-20-10(28)6-11(31-24(38)32(39)5-3-26)21(19(20)37)43-23-18(36)16(29)17(35)15(9-33)41-23/h10-23,30,33-37,39H,1-9,25-29H2,(H,31,38)/t10-,11+,12+,13-,14+,15+,16-,17+,18+,19-,20?,21-,22+,23+/m0/s1. The average molecular weight is 627 g/mol. The zero-order valence-corrected chi connectivity index (χ0v) is 24.0. The SMILES string of the molecule is NCCCN[C@@H]1C[C@H](O)[C@@H](CN)O[C@@H]1OC1[C@@H](N)C[C@@H](NC(=O)N(O)CCN)[C@H](O[C@H]2O[C@H](CO)[C@@H](O)[C@H](N)[C@H]2O)[C@H]1O. The molecule has 18 N–H and O–H groups in total. The normalized spacial score (nSPS) is 42.0. The second-order valence-corrected chi connectivity index (χ2v) is 11.1. The first-order valence-electron chi connectivity index (χ1n) is 14.5. The van der Waals surface area contributed by atoms with Crippen LogP contribution in [0.5, 0.6) is 0 Å². The predicted molar refractivity (Wildman–Crippen MR) is 148 cm³/mol. The number of hydrogen-bond donors (Lipinski definition) is 13. The zero-order valence-electron chi connectivity index (χ0n) is 24.0. The topological polar surface area (TPSA) is 333 Å². The van der Waals surface area contributed by atoms with Crippen LogP contribution in [-0.2, 0) is 18.9 Å². The molecule has 0 aromatic rings. The highest BCUT2D eigenvalue weighted by Gasteiger charge is 2.51. The molecule has 3 aliphatic rings. The Morgan fingerprint density at radius 3 is 2.19 bits per heavy atom. The summed E-state index contributed by atoms with van der Waals surface area (Å²) in [6, 6.07) is -4.71. The first kappa shape index (κ1) is 36.1. The summed E-state index contributed by atoms with van der Waals surface area (Å²) in [5.74, 6) is 0. The molecule has 2 saturated heterocycles. The van der Waals surface area contributed by atoms with Gasteiger partial charge in [0, 0.05) is 19.1 Å². The molecular formula is C24H50N8O11. The van der Waals surface area contributed by atoms with Gasteiger partial charge in [-0.1, -0.05) is 0 Å². The van der Waals surface area contributed by atoms with E-state index >= 15 is 0 Å². The van der Waals surface area contributed by atoms with Gasteiger partial charge in [-0.3, -0.25) is 5.21 Å². The van der Waals surface area contributed by atoms with E-state index in [1.807, 2.05) is 0 Å². The summed E-state index contributed by atoms with van der Waals surface area (Å²) < 4.78 is 23.7. The van der Waals surface area contributed by atoms with E-state index in [-0.39, 0.29) is 32.5 Å². The molecule has 0 bridgehead atoms. The summed E-state index contributed by atoms with van der Waals surface area (Å²) >= 11 is 0. The minimum atomic E-state index is -1.59. The van der Waals surface area contributed by atoms with Crippen LogP contribution in [0.15, 0.2) is 0 Å². The molecule has 0 radical (unpaired) electrons. The molecule has 14 atom stereocenters. The van der Waals surface area contributed by atoms with Crippen LogP contribution in [-0.4, -0.2) is 167 Å². The molecule has 19 nitrogen and oxygen atoms in total. The largest absolute Gasteiger partial charge is 0.394 e. The van der Waals surface area contributed by atoms with Crippen molar-refractivity contribution in [3.63, 3.8) is 0 Å². The Balaban J connectivity index is 1.85. The molecule has 2 amide bonds. The van der Waals surface area contributed by atoms with Crippen LogP contribution >= 0.6 is 0 Å². The molecular weight excluding hydrogens is 576 g/mol. The van der Waals surface area contributed by atoms with Gasteiger partial charge in [0.05, 0.1) is 43.5 Å². The summed E-state index contributed by atoms with van der Waals surface area (Å²) in [6.45, 7) is 0.0745. The van der Waals surface area contributed by atoms with E-state index in [1.165, 1.54) is 0 Å². The number of hydroxylamine groups is 2. The molecule has 3 rings (SSSR count). The van der Waals surface area contributed by atoms with Gasteiger partial charge in [-0.05, 0) is 32.4 Å². The third-order valence-electron chi connectivity index (χ3n) is 8.00. The van der Waals surface area contributed by atoms with Gasteiger partial charge in [0.1, 0.15) is 36.6 Å². The maximum Gasteiger partial charge on any atom is 0.341 e. The van der Waals surface area contributed by atoms with Crippen molar-refractivity contribution in [3.05, 3.63) is 0 Å². The van der Waals surface area contributed by atoms with Crippen LogP contribution < -0.4 is 39.3 Å². The number of ether oxygens (including phenoxy) is 4. The molecule has 1 saturated carbocycles. The van der Waals surface area contributed by atoms with Crippen molar-refractivity contribution in [3.8, 4) is 0 Å². The summed E-state index contributed by atoms with van der Waals surface area (Å²) in [5.41, 5.74) is 29.2. The fourth-order valence-electron chi connectivity index (χ4n) is 5.52. The predicted octanol–water partition coefficient (Wildman–Crippen LogP) is -6.92. The highest BCUT2D eigenvalue weighted by molar-refractivity contribution is 5.73. The number of nitrogens with one attached hydrogen (secondary N) is 2. The van der Waals surface area contributed by atoms with Crippen molar-refractivity contribution in [1.29, 1.82) is 0 Å². The highest BCUT2D eigenvalue weighted by atomic mass is 16.7. The summed E-state index contributed by atoms with van der Waals surface area (Å²) in [5, 5.41) is 68.7. The lowest BCUT2D eigenvalue weighted by Crippen LogP contribution is -2.69. The van der Waals surface area contributed by atoms with Gasteiger partial charge < -0.3 is 83.8 Å². The third-order valence-corrected chi connectivity index (χ3v) is 8.00. The van der Waals surface area contributed by atoms with Gasteiger partial charge in [-0.2, -0.15) is 0 Å². The van der Waals surface area contributed by atoms with E-state index in [9.17, 15) is 35.5 Å². The van der Waals surface area contributed by atoms with Crippen molar-refractivity contribution in [1.82, 2.24) is 15.7 Å². The Bertz CT molecular complexity index is 853. The summed E-state index contributed by atoms with van der Waals surface area (Å²) in [4.78, 5) is 12.6. The van der Waals surface area contributed by atoms with Gasteiger partial charge in [0.15, 0.2) is 12.6 Å². The van der Waals surface area contributed by atoms with Crippen LogP contribution in [0.2, 0.25) is 0 Å². The van der Waals surface area contributed by atoms with Crippen molar-refractivity contribution >= 4 is 6.03 Å². The molecule has 0 aromatic carbocycles. The fraction of sp³-hybridized carbons (Fsp3) is 0.958. The lowest BCUT2D eigenvalue weighted by Gasteiger charge is -2.49. The maximum absolute atomic E-state index is 12.6. The van der Waals surface area contributed by atoms with Gasteiger partial charge in [0.25, 0.3) is 0 Å². The number of nitrogens with two attached hydrogens (primary N) is 5. The van der Waals surface area contributed by atoms with Crippen LogP contribution in [0.1, 0.15) is 19.3 Å². The third kappa shape index (κ3) is 8.88. The molecule has 2 aliphatic heterocycles. The van der Waals surface area contributed by atoms with Gasteiger partial charge in [-0.25, -0.2) is 9.86 Å². The number of aliphatic hydroxyl groups is 5. The molecule has 43 heavy (non-hydrogen) atoms. The van der Waals surface area contributed by atoms with Crippen molar-refractivity contribution in [2.75, 3.05) is 39.3 Å². The molecule has 0 aromatic heterocycles. The Labute approximate surface area is 249 Å². The van der Waals surface area contributed by atoms with Crippen molar-refractivity contribution < 1.29 is 54.5 Å². The smallest absolute Gasteiger partial charge is 0.341 e. The highest BCUT2D eigenvalue weighted by Crippen LogP contribution is 2.32. The fourth-order valence-corrected chi connectivity index (χ4v) is 5.52. The monoisotopic (exact) mass is 626 g/mol. The van der Waals surface area contributed by atoms with E-state index in [1.54, 1.807) is 0 Å². The summed E-state index contributed by atoms with van der Waals surface area (Å²) in [7, 11) is 0. The molecule has 1 aliphatic carbocycles. The zero-order chi connectivity index (χ0) is 31.8. The Hall–Kier alpha value is -1.37. The van der Waals surface area contributed by atoms with Gasteiger partial charge in [0.2, 0.25) is 0 Å². The number of carbonyl (C=O) groups excluding carboxylic acids is 1. The van der Waals surface area contributed by atoms with Crippen molar-refractivity contribution in [2.24, 2.45) is 28.7 Å². The van der Waals surface area contributed by atoms with Gasteiger partial charge in [-0.15, -0.1) is 0 Å². The summed E-state index contributed by atoms with van der Waals surface area (Å²) in [6.07, 6.45) is -11.7. The molecule has 0 spiro atoms.